The molecule has 1 amide bonds. The van der Waals surface area contributed by atoms with E-state index in [1.165, 1.54) is 12.1 Å². The zero-order valence-electron chi connectivity index (χ0n) is 13.0. The van der Waals surface area contributed by atoms with Crippen molar-refractivity contribution in [3.63, 3.8) is 0 Å². The summed E-state index contributed by atoms with van der Waals surface area (Å²) in [6.07, 6.45) is 1.73. The minimum Gasteiger partial charge on any atom is -0.481 e. The van der Waals surface area contributed by atoms with E-state index in [1.807, 2.05) is 25.1 Å². The monoisotopic (exact) mass is 325 g/mol. The molecule has 2 aromatic carbocycles. The second-order valence-electron chi connectivity index (χ2n) is 5.23. The second-order valence-corrected chi connectivity index (χ2v) is 5.23. The number of hydrogen-bond donors (Lipinski definition) is 2. The first-order chi connectivity index (χ1) is 11.6. The summed E-state index contributed by atoms with van der Waals surface area (Å²) in [4.78, 5) is 19.3. The van der Waals surface area contributed by atoms with Crippen LogP contribution in [-0.2, 0) is 4.79 Å². The van der Waals surface area contributed by atoms with Crippen LogP contribution in [0.1, 0.15) is 5.82 Å². The van der Waals surface area contributed by atoms with Gasteiger partial charge >= 0.3 is 0 Å². The van der Waals surface area contributed by atoms with Gasteiger partial charge in [-0.2, -0.15) is 0 Å². The largest absolute Gasteiger partial charge is 0.481 e. The molecule has 0 radical (unpaired) electrons. The third-order valence-electron chi connectivity index (χ3n) is 3.36. The highest BCUT2D eigenvalue weighted by atomic mass is 19.1. The first kappa shape index (κ1) is 15.7. The zero-order valence-corrected chi connectivity index (χ0v) is 13.0. The van der Waals surface area contributed by atoms with Crippen molar-refractivity contribution in [3.8, 4) is 17.0 Å². The van der Waals surface area contributed by atoms with Gasteiger partial charge in [0.1, 0.15) is 5.82 Å². The number of aryl methyl sites for hydroxylation is 1. The third-order valence-corrected chi connectivity index (χ3v) is 3.36. The van der Waals surface area contributed by atoms with Crippen LogP contribution in [0.3, 0.4) is 0 Å². The van der Waals surface area contributed by atoms with Gasteiger partial charge in [-0.3, -0.25) is 4.79 Å². The van der Waals surface area contributed by atoms with Crippen LogP contribution in [0.2, 0.25) is 0 Å². The average molecular weight is 325 g/mol. The molecule has 0 aliphatic carbocycles. The number of benzene rings is 2. The maximum atomic E-state index is 13.4. The fourth-order valence-corrected chi connectivity index (χ4v) is 2.23. The van der Waals surface area contributed by atoms with Crippen molar-refractivity contribution < 1.29 is 13.9 Å². The van der Waals surface area contributed by atoms with Gasteiger partial charge in [0.2, 0.25) is 0 Å². The maximum Gasteiger partial charge on any atom is 0.262 e. The van der Waals surface area contributed by atoms with E-state index in [4.69, 9.17) is 4.74 Å². The number of nitrogens with zero attached hydrogens (tertiary/aromatic N) is 1. The number of nitrogens with one attached hydrogen (secondary N) is 2. The lowest BCUT2D eigenvalue weighted by Crippen LogP contribution is -2.20. The molecule has 0 saturated heterocycles. The molecule has 0 spiro atoms. The smallest absolute Gasteiger partial charge is 0.262 e. The van der Waals surface area contributed by atoms with E-state index in [9.17, 15) is 9.18 Å². The summed E-state index contributed by atoms with van der Waals surface area (Å²) >= 11 is 0. The summed E-state index contributed by atoms with van der Waals surface area (Å²) in [6, 6.07) is 13.3. The Bertz CT molecular complexity index is 861. The highest BCUT2D eigenvalue weighted by molar-refractivity contribution is 5.92. The number of carbonyl (C=O) groups excluding carboxylic acids is 1. The topological polar surface area (TPSA) is 67.0 Å². The lowest BCUT2D eigenvalue weighted by Gasteiger charge is -2.09. The van der Waals surface area contributed by atoms with Crippen molar-refractivity contribution in [1.29, 1.82) is 0 Å². The van der Waals surface area contributed by atoms with Gasteiger partial charge in [-0.1, -0.05) is 24.3 Å². The summed E-state index contributed by atoms with van der Waals surface area (Å²) in [5, 5.41) is 2.73. The van der Waals surface area contributed by atoms with Crippen molar-refractivity contribution in [1.82, 2.24) is 9.97 Å². The number of aromatic amines is 1. The number of hydrogen-bond acceptors (Lipinski definition) is 3. The quantitative estimate of drug-likeness (QED) is 0.754. The van der Waals surface area contributed by atoms with Crippen molar-refractivity contribution in [2.45, 2.75) is 6.92 Å². The molecule has 0 saturated carbocycles. The molecule has 2 N–H and O–H groups in total. The van der Waals surface area contributed by atoms with Gasteiger partial charge in [-0.05, 0) is 31.2 Å². The Balaban J connectivity index is 1.63. The predicted molar refractivity (Wildman–Crippen MR) is 89.3 cm³/mol. The van der Waals surface area contributed by atoms with E-state index in [1.54, 1.807) is 24.4 Å². The number of halogens is 1. The molecule has 5 nitrogen and oxygen atoms in total. The van der Waals surface area contributed by atoms with Gasteiger partial charge in [-0.25, -0.2) is 9.37 Å². The van der Waals surface area contributed by atoms with E-state index in [0.717, 1.165) is 17.1 Å². The SMILES string of the molecule is Cc1ncc(-c2cccc(NC(=O)COc3ccccc3F)c2)[nH]1. The Kier molecular flexibility index (Phi) is 4.56. The molecule has 0 unspecified atom stereocenters. The molecule has 0 fully saturated rings. The van der Waals surface area contributed by atoms with Gasteiger partial charge in [-0.15, -0.1) is 0 Å². The average Bonchev–Trinajstić information content (AvgIpc) is 3.01. The van der Waals surface area contributed by atoms with E-state index in [0.29, 0.717) is 5.69 Å². The Morgan fingerprint density at radius 3 is 2.83 bits per heavy atom. The van der Waals surface area contributed by atoms with Crippen LogP contribution < -0.4 is 10.1 Å². The number of ether oxygens (including phenoxy) is 1. The number of aromatic nitrogens is 2. The normalized spacial score (nSPS) is 10.4. The van der Waals surface area contributed by atoms with Crippen LogP contribution in [0.15, 0.2) is 54.7 Å². The van der Waals surface area contributed by atoms with Crippen LogP contribution in [0.25, 0.3) is 11.3 Å². The molecule has 0 bridgehead atoms. The van der Waals surface area contributed by atoms with Gasteiger partial charge < -0.3 is 15.0 Å². The number of anilines is 1. The minimum atomic E-state index is -0.498. The van der Waals surface area contributed by atoms with E-state index < -0.39 is 5.82 Å². The van der Waals surface area contributed by atoms with Crippen LogP contribution in [0.5, 0.6) is 5.75 Å². The van der Waals surface area contributed by atoms with Crippen LogP contribution in [-0.4, -0.2) is 22.5 Å². The Hall–Kier alpha value is -3.15. The van der Waals surface area contributed by atoms with Crippen LogP contribution in [0.4, 0.5) is 10.1 Å². The predicted octanol–water partition coefficient (Wildman–Crippen LogP) is 3.54. The summed E-state index contributed by atoms with van der Waals surface area (Å²) < 4.78 is 18.6. The number of rotatable bonds is 5. The zero-order chi connectivity index (χ0) is 16.9. The standard InChI is InChI=1S/C18H16FN3O2/c1-12-20-10-16(21-12)13-5-4-6-14(9-13)22-18(23)11-24-17-8-3-2-7-15(17)19/h2-10H,11H2,1H3,(H,20,21)(H,22,23). The summed E-state index contributed by atoms with van der Waals surface area (Å²) in [5.74, 6) is 0.00479. The molecule has 0 aliphatic heterocycles. The second kappa shape index (κ2) is 6.95. The molecule has 1 aromatic heterocycles. The number of H-pyrrole nitrogens is 1. The van der Waals surface area contributed by atoms with Gasteiger partial charge in [0.05, 0.1) is 11.9 Å². The fourth-order valence-electron chi connectivity index (χ4n) is 2.23. The molecule has 122 valence electrons. The minimum absolute atomic E-state index is 0.0503. The molecule has 1 heterocycles. The Morgan fingerprint density at radius 1 is 1.25 bits per heavy atom. The fraction of sp³-hybridized carbons (Fsp3) is 0.111. The summed E-state index contributed by atoms with van der Waals surface area (Å²) in [7, 11) is 0. The third kappa shape index (κ3) is 3.78. The number of amides is 1. The molecule has 0 aliphatic rings. The van der Waals surface area contributed by atoms with Crippen molar-refractivity contribution in [2.24, 2.45) is 0 Å². The summed E-state index contributed by atoms with van der Waals surface area (Å²) in [5.41, 5.74) is 2.40. The van der Waals surface area contributed by atoms with Crippen LogP contribution in [0, 0.1) is 12.7 Å². The van der Waals surface area contributed by atoms with E-state index in [-0.39, 0.29) is 18.3 Å². The van der Waals surface area contributed by atoms with Crippen LogP contribution >= 0.6 is 0 Å². The van der Waals surface area contributed by atoms with Crippen molar-refractivity contribution in [3.05, 3.63) is 66.4 Å². The molecular weight excluding hydrogens is 309 g/mol. The molecule has 6 heteroatoms. The number of para-hydroxylation sites is 1. The van der Waals surface area contributed by atoms with Gasteiger partial charge in [0.15, 0.2) is 18.2 Å². The highest BCUT2D eigenvalue weighted by Crippen LogP contribution is 2.21. The molecule has 3 rings (SSSR count). The van der Waals surface area contributed by atoms with E-state index >= 15 is 0 Å². The highest BCUT2D eigenvalue weighted by Gasteiger charge is 2.08. The van der Waals surface area contributed by atoms with Crippen molar-refractivity contribution >= 4 is 11.6 Å². The Labute approximate surface area is 138 Å². The Morgan fingerprint density at radius 2 is 2.08 bits per heavy atom. The number of imidazole rings is 1. The lowest BCUT2D eigenvalue weighted by molar-refractivity contribution is -0.118. The molecule has 24 heavy (non-hydrogen) atoms. The first-order valence-corrected chi connectivity index (χ1v) is 7.41. The molecular formula is C18H16FN3O2. The van der Waals surface area contributed by atoms with Gasteiger partial charge in [0, 0.05) is 11.3 Å². The summed E-state index contributed by atoms with van der Waals surface area (Å²) in [6.45, 7) is 1.60. The lowest BCUT2D eigenvalue weighted by atomic mass is 10.1. The molecule has 0 atom stereocenters. The van der Waals surface area contributed by atoms with E-state index in [2.05, 4.69) is 15.3 Å². The van der Waals surface area contributed by atoms with Gasteiger partial charge in [0.25, 0.3) is 5.91 Å². The van der Waals surface area contributed by atoms with Crippen molar-refractivity contribution in [2.75, 3.05) is 11.9 Å². The number of carbonyl (C=O) groups is 1. The molecule has 3 aromatic rings. The maximum absolute atomic E-state index is 13.4. The first-order valence-electron chi connectivity index (χ1n) is 7.41.